The molecule has 0 saturated carbocycles. The maximum Gasteiger partial charge on any atom is 0.0541 e. The molecule has 1 aromatic heterocycles. The molecule has 1 atom stereocenters. The van der Waals surface area contributed by atoms with Gasteiger partial charge in [0.25, 0.3) is 0 Å². The van der Waals surface area contributed by atoms with Gasteiger partial charge in [-0.05, 0) is 37.8 Å². The van der Waals surface area contributed by atoms with Crippen molar-refractivity contribution >= 4 is 0 Å². The van der Waals surface area contributed by atoms with Crippen LogP contribution in [0.2, 0.25) is 0 Å². The van der Waals surface area contributed by atoms with E-state index in [1.807, 2.05) is 13.0 Å². The number of hydrogen-bond acceptors (Lipinski definition) is 2. The largest absolute Gasteiger partial charge is 0.393 e. The average molecular weight is 179 g/mol. The first-order valence-corrected chi connectivity index (χ1v) is 4.82. The third kappa shape index (κ3) is 3.15. The number of aliphatic hydroxyl groups is 1. The van der Waals surface area contributed by atoms with Crippen molar-refractivity contribution in [2.75, 3.05) is 0 Å². The molecule has 1 N–H and O–H groups in total. The number of nitrogens with zero attached hydrogens (tertiary/aromatic N) is 1. The molecule has 1 rings (SSSR count). The quantitative estimate of drug-likeness (QED) is 0.767. The van der Waals surface area contributed by atoms with Crippen LogP contribution in [0.1, 0.15) is 31.0 Å². The summed E-state index contributed by atoms with van der Waals surface area (Å²) in [5.41, 5.74) is 2.32. The first kappa shape index (κ1) is 10.2. The highest BCUT2D eigenvalue weighted by Crippen LogP contribution is 2.08. The van der Waals surface area contributed by atoms with Gasteiger partial charge in [0.05, 0.1) is 6.10 Å². The van der Waals surface area contributed by atoms with Crippen molar-refractivity contribution in [1.29, 1.82) is 0 Å². The summed E-state index contributed by atoms with van der Waals surface area (Å²) < 4.78 is 0. The van der Waals surface area contributed by atoms with Crippen LogP contribution in [0.15, 0.2) is 18.3 Å². The van der Waals surface area contributed by atoms with Gasteiger partial charge in [-0.15, -0.1) is 0 Å². The molecule has 0 saturated heterocycles. The predicted octanol–water partition coefficient (Wildman–Crippen LogP) is 2.09. The number of aliphatic hydroxyl groups excluding tert-OH is 1. The average Bonchev–Trinajstić information content (AvgIpc) is 2.16. The summed E-state index contributed by atoms with van der Waals surface area (Å²) >= 11 is 0. The Kier molecular flexibility index (Phi) is 3.90. The van der Waals surface area contributed by atoms with E-state index < -0.39 is 0 Å². The Bertz CT molecular complexity index is 260. The molecule has 0 aliphatic carbocycles. The summed E-state index contributed by atoms with van der Waals surface area (Å²) in [7, 11) is 0. The fourth-order valence-corrected chi connectivity index (χ4v) is 1.29. The maximum atomic E-state index is 9.38. The van der Waals surface area contributed by atoms with E-state index in [9.17, 15) is 5.11 Å². The predicted molar refractivity (Wildman–Crippen MR) is 53.6 cm³/mol. The molecule has 2 heteroatoms. The van der Waals surface area contributed by atoms with Gasteiger partial charge in [-0.1, -0.05) is 13.0 Å². The Morgan fingerprint density at radius 1 is 1.54 bits per heavy atom. The Morgan fingerprint density at radius 2 is 2.31 bits per heavy atom. The Hall–Kier alpha value is -0.890. The smallest absolute Gasteiger partial charge is 0.0541 e. The number of rotatable bonds is 4. The molecule has 1 unspecified atom stereocenters. The molecule has 0 fully saturated rings. The number of hydrogen-bond donors (Lipinski definition) is 1. The van der Waals surface area contributed by atoms with Gasteiger partial charge in [0.15, 0.2) is 0 Å². The minimum absolute atomic E-state index is 0.179. The van der Waals surface area contributed by atoms with E-state index in [0.29, 0.717) is 0 Å². The molecule has 0 aliphatic heterocycles. The third-order valence-corrected chi connectivity index (χ3v) is 2.30. The van der Waals surface area contributed by atoms with Crippen LogP contribution >= 0.6 is 0 Å². The van der Waals surface area contributed by atoms with Crippen molar-refractivity contribution < 1.29 is 5.11 Å². The van der Waals surface area contributed by atoms with Crippen molar-refractivity contribution in [3.63, 3.8) is 0 Å². The van der Waals surface area contributed by atoms with Gasteiger partial charge < -0.3 is 5.11 Å². The molecule has 0 aromatic carbocycles. The van der Waals surface area contributed by atoms with Gasteiger partial charge >= 0.3 is 0 Å². The van der Waals surface area contributed by atoms with E-state index in [2.05, 4.69) is 18.0 Å². The lowest BCUT2D eigenvalue weighted by atomic mass is 10.1. The summed E-state index contributed by atoms with van der Waals surface area (Å²) in [5.74, 6) is 0. The maximum absolute atomic E-state index is 9.38. The third-order valence-electron chi connectivity index (χ3n) is 2.30. The second-order valence-corrected chi connectivity index (χ2v) is 3.37. The van der Waals surface area contributed by atoms with Gasteiger partial charge in [-0.2, -0.15) is 0 Å². The zero-order valence-electron chi connectivity index (χ0n) is 8.33. The SMILES string of the molecule is CCC(O)CCc1ncccc1C. The number of aromatic nitrogens is 1. The lowest BCUT2D eigenvalue weighted by Gasteiger charge is -2.07. The van der Waals surface area contributed by atoms with E-state index in [4.69, 9.17) is 0 Å². The molecule has 0 radical (unpaired) electrons. The molecule has 0 amide bonds. The molecular weight excluding hydrogens is 162 g/mol. The van der Waals surface area contributed by atoms with E-state index in [1.54, 1.807) is 6.20 Å². The van der Waals surface area contributed by atoms with Crippen LogP contribution in [0.5, 0.6) is 0 Å². The molecule has 1 aromatic rings. The van der Waals surface area contributed by atoms with Gasteiger partial charge in [0.2, 0.25) is 0 Å². The van der Waals surface area contributed by atoms with Crippen molar-refractivity contribution in [2.45, 2.75) is 39.2 Å². The molecule has 72 valence electrons. The zero-order valence-corrected chi connectivity index (χ0v) is 8.33. The first-order chi connectivity index (χ1) is 6.24. The summed E-state index contributed by atoms with van der Waals surface area (Å²) in [6.45, 7) is 4.05. The van der Waals surface area contributed by atoms with Crippen molar-refractivity contribution in [3.8, 4) is 0 Å². The second kappa shape index (κ2) is 4.97. The lowest BCUT2D eigenvalue weighted by molar-refractivity contribution is 0.160. The van der Waals surface area contributed by atoms with Crippen LogP contribution in [-0.2, 0) is 6.42 Å². The highest BCUT2D eigenvalue weighted by molar-refractivity contribution is 5.17. The topological polar surface area (TPSA) is 33.1 Å². The summed E-state index contributed by atoms with van der Waals surface area (Å²) in [4.78, 5) is 4.27. The van der Waals surface area contributed by atoms with Crippen molar-refractivity contribution in [2.24, 2.45) is 0 Å². The van der Waals surface area contributed by atoms with E-state index in [-0.39, 0.29) is 6.10 Å². The number of pyridine rings is 1. The molecule has 0 bridgehead atoms. The van der Waals surface area contributed by atoms with Crippen LogP contribution in [0, 0.1) is 6.92 Å². The molecule has 13 heavy (non-hydrogen) atoms. The van der Waals surface area contributed by atoms with Gasteiger partial charge in [-0.25, -0.2) is 0 Å². The fourth-order valence-electron chi connectivity index (χ4n) is 1.29. The standard InChI is InChI=1S/C11H17NO/c1-3-10(13)6-7-11-9(2)5-4-8-12-11/h4-5,8,10,13H,3,6-7H2,1-2H3. The molecular formula is C11H17NO. The molecule has 1 heterocycles. The monoisotopic (exact) mass is 179 g/mol. The zero-order chi connectivity index (χ0) is 9.68. The van der Waals surface area contributed by atoms with E-state index >= 15 is 0 Å². The van der Waals surface area contributed by atoms with Crippen molar-refractivity contribution in [1.82, 2.24) is 4.98 Å². The second-order valence-electron chi connectivity index (χ2n) is 3.37. The van der Waals surface area contributed by atoms with Gasteiger partial charge in [0, 0.05) is 11.9 Å². The Morgan fingerprint density at radius 3 is 2.92 bits per heavy atom. The summed E-state index contributed by atoms with van der Waals surface area (Å²) in [6, 6.07) is 4.00. The van der Waals surface area contributed by atoms with E-state index in [1.165, 1.54) is 5.56 Å². The molecule has 0 aliphatic rings. The highest BCUT2D eigenvalue weighted by Gasteiger charge is 2.03. The Balaban J connectivity index is 2.50. The number of aryl methyl sites for hydroxylation is 2. The minimum atomic E-state index is -0.179. The van der Waals surface area contributed by atoms with Crippen LogP contribution < -0.4 is 0 Å². The highest BCUT2D eigenvalue weighted by atomic mass is 16.3. The summed E-state index contributed by atoms with van der Waals surface area (Å²) in [5, 5.41) is 9.38. The molecule has 2 nitrogen and oxygen atoms in total. The van der Waals surface area contributed by atoms with Crippen LogP contribution in [0.4, 0.5) is 0 Å². The van der Waals surface area contributed by atoms with Gasteiger partial charge in [0.1, 0.15) is 0 Å². The van der Waals surface area contributed by atoms with E-state index in [0.717, 1.165) is 25.0 Å². The van der Waals surface area contributed by atoms with Crippen LogP contribution in [-0.4, -0.2) is 16.2 Å². The minimum Gasteiger partial charge on any atom is -0.393 e. The van der Waals surface area contributed by atoms with Crippen LogP contribution in [0.3, 0.4) is 0 Å². The van der Waals surface area contributed by atoms with Crippen LogP contribution in [0.25, 0.3) is 0 Å². The summed E-state index contributed by atoms with van der Waals surface area (Å²) in [6.07, 6.45) is 4.14. The first-order valence-electron chi connectivity index (χ1n) is 4.82. The Labute approximate surface area is 79.6 Å². The molecule has 0 spiro atoms. The lowest BCUT2D eigenvalue weighted by Crippen LogP contribution is -2.07. The van der Waals surface area contributed by atoms with Crippen molar-refractivity contribution in [3.05, 3.63) is 29.6 Å². The fraction of sp³-hybridized carbons (Fsp3) is 0.545. The normalized spacial score (nSPS) is 12.8. The van der Waals surface area contributed by atoms with Gasteiger partial charge in [-0.3, -0.25) is 4.98 Å².